The number of aromatic nitrogens is 3. The van der Waals surface area contributed by atoms with Gasteiger partial charge in [0.2, 0.25) is 0 Å². The van der Waals surface area contributed by atoms with Crippen LogP contribution in [0.15, 0.2) is 29.5 Å². The molecule has 1 atom stereocenters. The molecule has 0 saturated carbocycles. The lowest BCUT2D eigenvalue weighted by molar-refractivity contribution is -0.143. The van der Waals surface area contributed by atoms with Gasteiger partial charge in [0, 0.05) is 30.7 Å². The van der Waals surface area contributed by atoms with Gasteiger partial charge in [-0.15, -0.1) is 11.3 Å². The Morgan fingerprint density at radius 1 is 1.45 bits per heavy atom. The van der Waals surface area contributed by atoms with E-state index in [9.17, 15) is 9.90 Å². The topological polar surface area (TPSA) is 79.2 Å². The van der Waals surface area contributed by atoms with Crippen LogP contribution in [0, 0.1) is 0 Å². The van der Waals surface area contributed by atoms with Gasteiger partial charge in [0.25, 0.3) is 0 Å². The second kappa shape index (κ2) is 5.16. The highest BCUT2D eigenvalue weighted by molar-refractivity contribution is 7.07. The molecule has 0 amide bonds. The fraction of sp³-hybridized carbons (Fsp3) is 0.385. The molecule has 1 aliphatic rings. The molecule has 3 heterocycles. The largest absolute Gasteiger partial charge is 0.479 e. The normalized spacial score (nSPS) is 22.1. The van der Waals surface area contributed by atoms with Crippen molar-refractivity contribution in [2.24, 2.45) is 0 Å². The fourth-order valence-corrected chi connectivity index (χ4v) is 3.31. The molecule has 0 spiro atoms. The Bertz CT molecular complexity index is 590. The minimum absolute atomic E-state index is 0.391. The third-order valence-corrected chi connectivity index (χ3v) is 4.31. The van der Waals surface area contributed by atoms with Crippen LogP contribution < -0.4 is 4.90 Å². The molecule has 2 aromatic rings. The summed E-state index contributed by atoms with van der Waals surface area (Å²) in [6, 6.07) is 0. The minimum atomic E-state index is -0.968. The number of hydrogen-bond donors (Lipinski definition) is 1. The molecule has 20 heavy (non-hydrogen) atoms. The zero-order chi connectivity index (χ0) is 14.0. The van der Waals surface area contributed by atoms with Gasteiger partial charge >= 0.3 is 5.97 Å². The molecule has 1 saturated heterocycles. The molecule has 0 aromatic carbocycles. The van der Waals surface area contributed by atoms with Gasteiger partial charge in [-0.05, 0) is 12.8 Å². The molecular weight excluding hydrogens is 276 g/mol. The molecule has 0 aliphatic carbocycles. The number of hydrogen-bond acceptors (Lipinski definition) is 6. The van der Waals surface area contributed by atoms with Crippen LogP contribution in [-0.4, -0.2) is 38.1 Å². The molecule has 1 N–H and O–H groups in total. The van der Waals surface area contributed by atoms with Crippen molar-refractivity contribution in [2.75, 3.05) is 11.4 Å². The molecular formula is C13H14N4O2S. The van der Waals surface area contributed by atoms with E-state index in [1.165, 1.54) is 11.3 Å². The van der Waals surface area contributed by atoms with Crippen LogP contribution >= 0.6 is 11.3 Å². The lowest BCUT2D eigenvalue weighted by atomic mass is 9.90. The zero-order valence-corrected chi connectivity index (χ0v) is 11.6. The summed E-state index contributed by atoms with van der Waals surface area (Å²) in [5, 5.41) is 11.7. The molecule has 0 bridgehead atoms. The van der Waals surface area contributed by atoms with Gasteiger partial charge in [0.15, 0.2) is 0 Å². The van der Waals surface area contributed by atoms with Gasteiger partial charge in [-0.25, -0.2) is 14.8 Å². The van der Waals surface area contributed by atoms with E-state index in [2.05, 4.69) is 15.0 Å². The van der Waals surface area contributed by atoms with Crippen molar-refractivity contribution in [1.29, 1.82) is 0 Å². The van der Waals surface area contributed by atoms with Crippen LogP contribution in [0.4, 0.5) is 5.82 Å². The minimum Gasteiger partial charge on any atom is -0.479 e. The summed E-state index contributed by atoms with van der Waals surface area (Å²) in [7, 11) is 0. The Hall–Kier alpha value is -2.02. The Kier molecular flexibility index (Phi) is 3.35. The van der Waals surface area contributed by atoms with E-state index < -0.39 is 11.5 Å². The van der Waals surface area contributed by atoms with Gasteiger partial charge in [-0.2, -0.15) is 0 Å². The summed E-state index contributed by atoms with van der Waals surface area (Å²) < 4.78 is 0. The predicted octanol–water partition coefficient (Wildman–Crippen LogP) is 1.60. The molecule has 2 aromatic heterocycles. The maximum Gasteiger partial charge on any atom is 0.330 e. The maximum atomic E-state index is 11.9. The summed E-state index contributed by atoms with van der Waals surface area (Å²) in [4.78, 5) is 26.3. The summed E-state index contributed by atoms with van der Waals surface area (Å²) in [5.74, 6) is -0.212. The lowest BCUT2D eigenvalue weighted by Gasteiger charge is -2.34. The van der Waals surface area contributed by atoms with Gasteiger partial charge in [0.05, 0.1) is 17.4 Å². The van der Waals surface area contributed by atoms with Crippen LogP contribution in [-0.2, 0) is 11.2 Å². The quantitative estimate of drug-likeness (QED) is 0.921. The first-order valence-electron chi connectivity index (χ1n) is 6.36. The average molecular weight is 290 g/mol. The van der Waals surface area contributed by atoms with Crippen molar-refractivity contribution in [2.45, 2.75) is 24.8 Å². The van der Waals surface area contributed by atoms with Crippen molar-refractivity contribution < 1.29 is 9.90 Å². The average Bonchev–Trinajstić information content (AvgIpc) is 3.10. The number of carboxylic acids is 1. The standard InChI is InChI=1S/C13H14N4O2S/c18-12(19)13(6-10-8-20-9-16-10)2-1-5-17(13)11-7-14-3-4-15-11/h3-4,7-9H,1-2,5-6H2,(H,18,19). The van der Waals surface area contributed by atoms with Crippen molar-refractivity contribution in [3.63, 3.8) is 0 Å². The summed E-state index contributed by atoms with van der Waals surface area (Å²) in [5.41, 5.74) is 1.57. The molecule has 6 nitrogen and oxygen atoms in total. The van der Waals surface area contributed by atoms with Gasteiger partial charge in [-0.3, -0.25) is 4.98 Å². The van der Waals surface area contributed by atoms with Crippen molar-refractivity contribution in [3.05, 3.63) is 35.2 Å². The van der Waals surface area contributed by atoms with E-state index in [4.69, 9.17) is 0 Å². The third kappa shape index (κ3) is 2.14. The van der Waals surface area contributed by atoms with Gasteiger partial charge < -0.3 is 10.0 Å². The van der Waals surface area contributed by atoms with Crippen LogP contribution in [0.2, 0.25) is 0 Å². The highest BCUT2D eigenvalue weighted by Gasteiger charge is 2.48. The Morgan fingerprint density at radius 3 is 3.00 bits per heavy atom. The van der Waals surface area contributed by atoms with Crippen LogP contribution in [0.3, 0.4) is 0 Å². The van der Waals surface area contributed by atoms with E-state index in [0.717, 1.165) is 12.1 Å². The van der Waals surface area contributed by atoms with Crippen LogP contribution in [0.1, 0.15) is 18.5 Å². The van der Waals surface area contributed by atoms with Crippen LogP contribution in [0.25, 0.3) is 0 Å². The summed E-state index contributed by atoms with van der Waals surface area (Å²) in [6.45, 7) is 0.676. The number of carbonyl (C=O) groups is 1. The Balaban J connectivity index is 1.98. The number of carboxylic acid groups (broad SMARTS) is 1. The molecule has 0 radical (unpaired) electrons. The second-order valence-corrected chi connectivity index (χ2v) is 5.53. The van der Waals surface area contributed by atoms with Crippen molar-refractivity contribution >= 4 is 23.1 Å². The highest BCUT2D eigenvalue weighted by atomic mass is 32.1. The summed E-state index contributed by atoms with van der Waals surface area (Å²) in [6.07, 6.45) is 6.60. The molecule has 3 rings (SSSR count). The van der Waals surface area contributed by atoms with E-state index in [1.54, 1.807) is 24.1 Å². The van der Waals surface area contributed by atoms with E-state index in [-0.39, 0.29) is 0 Å². The van der Waals surface area contributed by atoms with Gasteiger partial charge in [0.1, 0.15) is 11.4 Å². The SMILES string of the molecule is O=C(O)C1(Cc2cscn2)CCCN1c1cnccn1. The first-order chi connectivity index (χ1) is 9.72. The van der Waals surface area contributed by atoms with Crippen molar-refractivity contribution in [3.8, 4) is 0 Å². The number of rotatable bonds is 4. The van der Waals surface area contributed by atoms with Crippen LogP contribution in [0.5, 0.6) is 0 Å². The second-order valence-electron chi connectivity index (χ2n) is 4.81. The maximum absolute atomic E-state index is 11.9. The van der Waals surface area contributed by atoms with E-state index in [0.29, 0.717) is 25.2 Å². The molecule has 104 valence electrons. The molecule has 7 heteroatoms. The fourth-order valence-electron chi connectivity index (χ4n) is 2.75. The molecule has 1 unspecified atom stereocenters. The zero-order valence-electron chi connectivity index (χ0n) is 10.8. The van der Waals surface area contributed by atoms with E-state index >= 15 is 0 Å². The number of nitrogens with zero attached hydrogens (tertiary/aromatic N) is 4. The highest BCUT2D eigenvalue weighted by Crippen LogP contribution is 2.36. The first-order valence-corrected chi connectivity index (χ1v) is 7.31. The Morgan fingerprint density at radius 2 is 2.35 bits per heavy atom. The van der Waals surface area contributed by atoms with E-state index in [1.807, 2.05) is 10.3 Å². The number of aliphatic carboxylic acids is 1. The monoisotopic (exact) mass is 290 g/mol. The first kappa shape index (κ1) is 13.0. The Labute approximate surface area is 120 Å². The lowest BCUT2D eigenvalue weighted by Crippen LogP contribution is -2.53. The molecule has 1 aliphatic heterocycles. The predicted molar refractivity (Wildman–Crippen MR) is 74.8 cm³/mol. The smallest absolute Gasteiger partial charge is 0.330 e. The molecule has 1 fully saturated rings. The van der Waals surface area contributed by atoms with Gasteiger partial charge in [-0.1, -0.05) is 0 Å². The van der Waals surface area contributed by atoms with Crippen molar-refractivity contribution in [1.82, 2.24) is 15.0 Å². The number of anilines is 1. The third-order valence-electron chi connectivity index (χ3n) is 3.67. The number of thiazole rings is 1. The summed E-state index contributed by atoms with van der Waals surface area (Å²) >= 11 is 1.48.